The number of hydrogen-bond donors (Lipinski definition) is 0. The molecule has 3 aromatic rings. The summed E-state index contributed by atoms with van der Waals surface area (Å²) >= 11 is 1.74. The van der Waals surface area contributed by atoms with Crippen LogP contribution in [0.25, 0.3) is 16.2 Å². The lowest BCUT2D eigenvalue weighted by Crippen LogP contribution is -1.88. The fraction of sp³-hybridized carbons (Fsp3) is 0.583. The van der Waals surface area contributed by atoms with Crippen LogP contribution in [0.3, 0.4) is 0 Å². The molecule has 0 radical (unpaired) electrons. The van der Waals surface area contributed by atoms with Gasteiger partial charge in [-0.15, -0.1) is 0 Å². The smallest absolute Gasteiger partial charge is 0.212 e. The summed E-state index contributed by atoms with van der Waals surface area (Å²) in [6, 6.07) is 8.53. The Bertz CT molecular complexity index is 785. The third-order valence-electron chi connectivity index (χ3n) is 5.43. The Kier molecular flexibility index (Phi) is 8.53. The van der Waals surface area contributed by atoms with Crippen LogP contribution in [-0.4, -0.2) is 14.6 Å². The first-order chi connectivity index (χ1) is 13.8. The second-order valence-electron chi connectivity index (χ2n) is 8.00. The van der Waals surface area contributed by atoms with E-state index in [-0.39, 0.29) is 0 Å². The Morgan fingerprint density at radius 2 is 1.43 bits per heavy atom. The summed E-state index contributed by atoms with van der Waals surface area (Å²) in [6.45, 7) is 4.39. The lowest BCUT2D eigenvalue weighted by Gasteiger charge is -2.02. The van der Waals surface area contributed by atoms with Crippen LogP contribution in [0.5, 0.6) is 0 Å². The lowest BCUT2D eigenvalue weighted by atomic mass is 10.1. The van der Waals surface area contributed by atoms with Crippen LogP contribution in [0.1, 0.15) is 88.1 Å². The molecule has 0 aliphatic carbocycles. The van der Waals surface area contributed by atoms with E-state index in [2.05, 4.69) is 44.3 Å². The summed E-state index contributed by atoms with van der Waals surface area (Å²) in [7, 11) is 0. The molecule has 2 heterocycles. The van der Waals surface area contributed by atoms with Crippen molar-refractivity contribution in [1.82, 2.24) is 14.6 Å². The molecule has 28 heavy (non-hydrogen) atoms. The lowest BCUT2D eigenvalue weighted by molar-refractivity contribution is 0.549. The quantitative estimate of drug-likeness (QED) is 0.278. The van der Waals surface area contributed by atoms with Gasteiger partial charge >= 0.3 is 0 Å². The maximum Gasteiger partial charge on any atom is 0.212 e. The molecule has 1 aromatic carbocycles. The van der Waals surface area contributed by atoms with Gasteiger partial charge in [-0.1, -0.05) is 112 Å². The van der Waals surface area contributed by atoms with Gasteiger partial charge in [-0.25, -0.2) is 9.50 Å². The van der Waals surface area contributed by atoms with Crippen LogP contribution in [0, 0.1) is 6.92 Å². The zero-order valence-electron chi connectivity index (χ0n) is 17.6. The van der Waals surface area contributed by atoms with Crippen molar-refractivity contribution in [2.45, 2.75) is 90.9 Å². The molecule has 0 amide bonds. The molecule has 0 aliphatic rings. The highest BCUT2D eigenvalue weighted by molar-refractivity contribution is 7.16. The molecule has 0 atom stereocenters. The van der Waals surface area contributed by atoms with Gasteiger partial charge in [-0.3, -0.25) is 0 Å². The molecule has 4 heteroatoms. The highest BCUT2D eigenvalue weighted by atomic mass is 32.1. The Labute approximate surface area is 174 Å². The van der Waals surface area contributed by atoms with Crippen molar-refractivity contribution in [3.05, 3.63) is 41.0 Å². The van der Waals surface area contributed by atoms with Crippen LogP contribution in [-0.2, 0) is 6.42 Å². The van der Waals surface area contributed by atoms with Crippen molar-refractivity contribution in [3.8, 4) is 11.3 Å². The van der Waals surface area contributed by atoms with Crippen molar-refractivity contribution in [3.63, 3.8) is 0 Å². The van der Waals surface area contributed by atoms with E-state index in [0.717, 1.165) is 22.6 Å². The van der Waals surface area contributed by atoms with E-state index < -0.39 is 0 Å². The molecule has 0 spiro atoms. The molecule has 0 bridgehead atoms. The Morgan fingerprint density at radius 3 is 2.04 bits per heavy atom. The summed E-state index contributed by atoms with van der Waals surface area (Å²) in [5, 5.41) is 5.95. The predicted molar refractivity (Wildman–Crippen MR) is 121 cm³/mol. The number of hydrogen-bond acceptors (Lipinski definition) is 3. The van der Waals surface area contributed by atoms with Crippen LogP contribution in [0.2, 0.25) is 0 Å². The van der Waals surface area contributed by atoms with Crippen molar-refractivity contribution >= 4 is 16.3 Å². The fourth-order valence-electron chi connectivity index (χ4n) is 3.65. The van der Waals surface area contributed by atoms with Crippen molar-refractivity contribution in [1.29, 1.82) is 0 Å². The molecule has 0 fully saturated rings. The normalized spacial score (nSPS) is 11.5. The monoisotopic (exact) mass is 397 g/mol. The third-order valence-corrected chi connectivity index (χ3v) is 6.41. The van der Waals surface area contributed by atoms with Gasteiger partial charge in [0, 0.05) is 12.0 Å². The van der Waals surface area contributed by atoms with Crippen LogP contribution in [0.4, 0.5) is 0 Å². The largest absolute Gasteiger partial charge is 0.217 e. The van der Waals surface area contributed by atoms with Crippen molar-refractivity contribution < 1.29 is 0 Å². The molecular weight excluding hydrogens is 362 g/mol. The minimum atomic E-state index is 1.01. The first-order valence-corrected chi connectivity index (χ1v) is 12.0. The summed E-state index contributed by atoms with van der Waals surface area (Å²) in [6.07, 6.45) is 18.4. The standard InChI is InChI=1S/C24H35N3S/c1-3-4-5-6-7-8-9-10-11-12-13-14-23-26-27-19-22(25-24(27)28-23)21-17-15-20(2)16-18-21/h15-19H,3-14H2,1-2H3. The number of rotatable bonds is 13. The second kappa shape index (κ2) is 11.4. The van der Waals surface area contributed by atoms with Gasteiger partial charge in [0.25, 0.3) is 0 Å². The molecule has 0 saturated carbocycles. The van der Waals surface area contributed by atoms with Gasteiger partial charge < -0.3 is 0 Å². The van der Waals surface area contributed by atoms with E-state index >= 15 is 0 Å². The highest BCUT2D eigenvalue weighted by Gasteiger charge is 2.09. The first-order valence-electron chi connectivity index (χ1n) is 11.2. The van der Waals surface area contributed by atoms with E-state index in [1.807, 2.05) is 4.52 Å². The van der Waals surface area contributed by atoms with Crippen molar-refractivity contribution in [2.75, 3.05) is 0 Å². The van der Waals surface area contributed by atoms with E-state index in [1.54, 1.807) is 11.3 Å². The van der Waals surface area contributed by atoms with Gasteiger partial charge in [0.05, 0.1) is 11.9 Å². The van der Waals surface area contributed by atoms with Crippen LogP contribution in [0.15, 0.2) is 30.5 Å². The molecule has 0 N–H and O–H groups in total. The number of imidazole rings is 1. The zero-order chi connectivity index (χ0) is 19.6. The van der Waals surface area contributed by atoms with Gasteiger partial charge in [-0.2, -0.15) is 5.10 Å². The topological polar surface area (TPSA) is 30.2 Å². The molecule has 0 unspecified atom stereocenters. The van der Waals surface area contributed by atoms with Gasteiger partial charge in [-0.05, 0) is 13.3 Å². The van der Waals surface area contributed by atoms with Crippen molar-refractivity contribution in [2.24, 2.45) is 0 Å². The molecular formula is C24H35N3S. The summed E-state index contributed by atoms with van der Waals surface area (Å²) in [5.41, 5.74) is 3.45. The maximum atomic E-state index is 4.76. The summed E-state index contributed by atoms with van der Waals surface area (Å²) in [4.78, 5) is 5.77. The van der Waals surface area contributed by atoms with E-state index in [1.165, 1.54) is 81.2 Å². The Hall–Kier alpha value is -1.68. The SMILES string of the molecule is CCCCCCCCCCCCCc1nn2cc(-c3ccc(C)cc3)nc2s1. The third kappa shape index (κ3) is 6.44. The zero-order valence-corrected chi connectivity index (χ0v) is 18.4. The average molecular weight is 398 g/mol. The van der Waals surface area contributed by atoms with E-state index in [4.69, 9.17) is 10.1 Å². The average Bonchev–Trinajstić information content (AvgIpc) is 3.25. The summed E-state index contributed by atoms with van der Waals surface area (Å²) in [5.74, 6) is 0. The first kappa shape index (κ1) is 21.0. The number of unbranched alkanes of at least 4 members (excludes halogenated alkanes) is 10. The van der Waals surface area contributed by atoms with Gasteiger partial charge in [0.15, 0.2) is 0 Å². The highest BCUT2D eigenvalue weighted by Crippen LogP contribution is 2.23. The minimum Gasteiger partial charge on any atom is -0.217 e. The number of benzene rings is 1. The van der Waals surface area contributed by atoms with Crippen LogP contribution >= 0.6 is 11.3 Å². The number of aromatic nitrogens is 3. The van der Waals surface area contributed by atoms with E-state index in [0.29, 0.717) is 0 Å². The Balaban J connectivity index is 1.32. The molecule has 3 rings (SSSR count). The number of fused-ring (bicyclic) bond motifs is 1. The maximum absolute atomic E-state index is 4.76. The van der Waals surface area contributed by atoms with Crippen LogP contribution < -0.4 is 0 Å². The second-order valence-corrected chi connectivity index (χ2v) is 9.04. The molecule has 0 saturated heterocycles. The Morgan fingerprint density at radius 1 is 0.821 bits per heavy atom. The molecule has 3 nitrogen and oxygen atoms in total. The predicted octanol–water partition coefficient (Wildman–Crippen LogP) is 7.62. The number of aryl methyl sites for hydroxylation is 2. The van der Waals surface area contributed by atoms with Gasteiger partial charge in [0.1, 0.15) is 5.01 Å². The summed E-state index contributed by atoms with van der Waals surface area (Å²) < 4.78 is 1.95. The number of nitrogens with zero attached hydrogens (tertiary/aromatic N) is 3. The minimum absolute atomic E-state index is 1.01. The fourth-order valence-corrected chi connectivity index (χ4v) is 4.56. The van der Waals surface area contributed by atoms with E-state index in [9.17, 15) is 0 Å². The van der Waals surface area contributed by atoms with Gasteiger partial charge in [0.2, 0.25) is 4.96 Å². The molecule has 0 aliphatic heterocycles. The molecule has 152 valence electrons. The molecule has 2 aromatic heterocycles.